The maximum Gasteiger partial charge on any atom is 0.320 e. The van der Waals surface area contributed by atoms with Gasteiger partial charge in [0.05, 0.1) is 0 Å². The Balaban J connectivity index is 2.07. The van der Waals surface area contributed by atoms with E-state index in [0.717, 1.165) is 18.4 Å². The van der Waals surface area contributed by atoms with Crippen LogP contribution in [-0.4, -0.2) is 17.1 Å². The molecule has 0 aliphatic heterocycles. The average Bonchev–Trinajstić information content (AvgIpc) is 3.09. The molecule has 1 saturated carbocycles. The third kappa shape index (κ3) is 2.99. The SMILES string of the molecule is CC(NC(C(=O)O)C1CC1)c1ccccc1Cl. The molecule has 0 aromatic heterocycles. The molecule has 0 bridgehead atoms. The first-order chi connectivity index (χ1) is 8.09. The van der Waals surface area contributed by atoms with Crippen LogP contribution in [0.2, 0.25) is 5.02 Å². The quantitative estimate of drug-likeness (QED) is 0.848. The van der Waals surface area contributed by atoms with E-state index >= 15 is 0 Å². The van der Waals surface area contributed by atoms with Crippen molar-refractivity contribution in [3.8, 4) is 0 Å². The molecular weight excluding hydrogens is 238 g/mol. The molecule has 2 rings (SSSR count). The molecule has 0 spiro atoms. The van der Waals surface area contributed by atoms with Crippen molar-refractivity contribution in [1.29, 1.82) is 0 Å². The van der Waals surface area contributed by atoms with Crippen LogP contribution in [0, 0.1) is 5.92 Å². The van der Waals surface area contributed by atoms with Gasteiger partial charge < -0.3 is 5.11 Å². The Morgan fingerprint density at radius 1 is 1.47 bits per heavy atom. The molecule has 1 aliphatic carbocycles. The van der Waals surface area contributed by atoms with Gasteiger partial charge in [0.2, 0.25) is 0 Å². The first-order valence-electron chi connectivity index (χ1n) is 5.83. The fourth-order valence-electron chi connectivity index (χ4n) is 2.02. The van der Waals surface area contributed by atoms with E-state index in [9.17, 15) is 4.79 Å². The first kappa shape index (κ1) is 12.4. The van der Waals surface area contributed by atoms with Crippen molar-refractivity contribution in [2.45, 2.75) is 31.8 Å². The molecule has 4 heteroatoms. The predicted molar refractivity (Wildman–Crippen MR) is 67.2 cm³/mol. The Bertz CT molecular complexity index is 418. The third-order valence-corrected chi connectivity index (χ3v) is 3.50. The molecule has 3 nitrogen and oxygen atoms in total. The lowest BCUT2D eigenvalue weighted by Gasteiger charge is -2.21. The number of nitrogens with one attached hydrogen (secondary N) is 1. The molecule has 2 atom stereocenters. The number of rotatable bonds is 5. The van der Waals surface area contributed by atoms with Crippen LogP contribution >= 0.6 is 11.6 Å². The zero-order valence-corrected chi connectivity index (χ0v) is 10.4. The molecular formula is C13H16ClNO2. The minimum atomic E-state index is -0.772. The maximum absolute atomic E-state index is 11.1. The highest BCUT2D eigenvalue weighted by Crippen LogP contribution is 2.34. The van der Waals surface area contributed by atoms with Crippen LogP contribution in [0.1, 0.15) is 31.4 Å². The summed E-state index contributed by atoms with van der Waals surface area (Å²) in [6, 6.07) is 7.01. The number of carboxylic acids is 1. The number of halogens is 1. The van der Waals surface area contributed by atoms with E-state index in [1.54, 1.807) is 0 Å². The van der Waals surface area contributed by atoms with Gasteiger partial charge in [-0.1, -0.05) is 29.8 Å². The van der Waals surface area contributed by atoms with Crippen molar-refractivity contribution < 1.29 is 9.90 Å². The Labute approximate surface area is 106 Å². The van der Waals surface area contributed by atoms with E-state index in [2.05, 4.69) is 5.32 Å². The van der Waals surface area contributed by atoms with Gasteiger partial charge in [-0.3, -0.25) is 10.1 Å². The molecule has 1 fully saturated rings. The summed E-state index contributed by atoms with van der Waals surface area (Å²) in [4.78, 5) is 11.1. The van der Waals surface area contributed by atoms with E-state index in [-0.39, 0.29) is 12.0 Å². The smallest absolute Gasteiger partial charge is 0.320 e. The number of hydrogen-bond acceptors (Lipinski definition) is 2. The summed E-state index contributed by atoms with van der Waals surface area (Å²) < 4.78 is 0. The van der Waals surface area contributed by atoms with Gasteiger partial charge in [-0.25, -0.2) is 0 Å². The summed E-state index contributed by atoms with van der Waals surface area (Å²) in [6.45, 7) is 1.94. The normalized spacial score (nSPS) is 18.7. The lowest BCUT2D eigenvalue weighted by Crippen LogP contribution is -2.40. The maximum atomic E-state index is 11.1. The lowest BCUT2D eigenvalue weighted by molar-refractivity contribution is -0.140. The molecule has 0 amide bonds. The van der Waals surface area contributed by atoms with E-state index in [4.69, 9.17) is 16.7 Å². The molecule has 2 unspecified atom stereocenters. The second-order valence-corrected chi connectivity index (χ2v) is 4.97. The van der Waals surface area contributed by atoms with E-state index < -0.39 is 12.0 Å². The van der Waals surface area contributed by atoms with Crippen molar-refractivity contribution in [2.75, 3.05) is 0 Å². The Kier molecular flexibility index (Phi) is 3.69. The summed E-state index contributed by atoms with van der Waals surface area (Å²) >= 11 is 6.09. The highest BCUT2D eigenvalue weighted by atomic mass is 35.5. The predicted octanol–water partition coefficient (Wildman–Crippen LogP) is 2.85. The van der Waals surface area contributed by atoms with Crippen LogP contribution < -0.4 is 5.32 Å². The van der Waals surface area contributed by atoms with Crippen LogP contribution in [0.25, 0.3) is 0 Å². The summed E-state index contributed by atoms with van der Waals surface area (Å²) in [6.07, 6.45) is 2.00. The van der Waals surface area contributed by atoms with E-state index in [1.165, 1.54) is 0 Å². The van der Waals surface area contributed by atoms with Crippen LogP contribution in [0.3, 0.4) is 0 Å². The fourth-order valence-corrected chi connectivity index (χ4v) is 2.32. The standard InChI is InChI=1S/C13H16ClNO2/c1-8(10-4-2-3-5-11(10)14)15-12(13(16)17)9-6-7-9/h2-5,8-9,12,15H,6-7H2,1H3,(H,16,17). The Hall–Kier alpha value is -1.06. The summed E-state index contributed by atoms with van der Waals surface area (Å²) in [5, 5.41) is 13.0. The summed E-state index contributed by atoms with van der Waals surface area (Å²) in [5.74, 6) is -0.496. The van der Waals surface area contributed by atoms with Gasteiger partial charge in [0.25, 0.3) is 0 Å². The Morgan fingerprint density at radius 2 is 2.12 bits per heavy atom. The largest absolute Gasteiger partial charge is 0.480 e. The van der Waals surface area contributed by atoms with Gasteiger partial charge in [-0.15, -0.1) is 0 Å². The summed E-state index contributed by atoms with van der Waals surface area (Å²) in [7, 11) is 0. The van der Waals surface area contributed by atoms with E-state index in [0.29, 0.717) is 5.02 Å². The summed E-state index contributed by atoms with van der Waals surface area (Å²) in [5.41, 5.74) is 0.945. The van der Waals surface area contributed by atoms with Crippen LogP contribution in [-0.2, 0) is 4.79 Å². The van der Waals surface area contributed by atoms with Crippen LogP contribution in [0.4, 0.5) is 0 Å². The molecule has 0 radical (unpaired) electrons. The van der Waals surface area contributed by atoms with Gasteiger partial charge >= 0.3 is 5.97 Å². The van der Waals surface area contributed by atoms with Gasteiger partial charge in [0.15, 0.2) is 0 Å². The van der Waals surface area contributed by atoms with Crippen molar-refractivity contribution in [3.63, 3.8) is 0 Å². The van der Waals surface area contributed by atoms with Gasteiger partial charge in [-0.2, -0.15) is 0 Å². The number of carboxylic acid groups (broad SMARTS) is 1. The zero-order chi connectivity index (χ0) is 12.4. The highest BCUT2D eigenvalue weighted by Gasteiger charge is 2.37. The van der Waals surface area contributed by atoms with Crippen LogP contribution in [0.5, 0.6) is 0 Å². The van der Waals surface area contributed by atoms with Gasteiger partial charge in [0, 0.05) is 11.1 Å². The highest BCUT2D eigenvalue weighted by molar-refractivity contribution is 6.31. The molecule has 92 valence electrons. The minimum absolute atomic E-state index is 0.0506. The molecule has 1 aromatic carbocycles. The fraction of sp³-hybridized carbons (Fsp3) is 0.462. The molecule has 17 heavy (non-hydrogen) atoms. The second kappa shape index (κ2) is 5.07. The van der Waals surface area contributed by atoms with E-state index in [1.807, 2.05) is 31.2 Å². The lowest BCUT2D eigenvalue weighted by atomic mass is 10.1. The molecule has 2 N–H and O–H groups in total. The first-order valence-corrected chi connectivity index (χ1v) is 6.20. The number of benzene rings is 1. The molecule has 0 saturated heterocycles. The number of hydrogen-bond donors (Lipinski definition) is 2. The van der Waals surface area contributed by atoms with Crippen molar-refractivity contribution in [1.82, 2.24) is 5.32 Å². The third-order valence-electron chi connectivity index (χ3n) is 3.16. The molecule has 1 aliphatic rings. The van der Waals surface area contributed by atoms with Crippen molar-refractivity contribution >= 4 is 17.6 Å². The molecule has 0 heterocycles. The van der Waals surface area contributed by atoms with Crippen molar-refractivity contribution in [2.24, 2.45) is 5.92 Å². The molecule has 1 aromatic rings. The zero-order valence-electron chi connectivity index (χ0n) is 9.69. The van der Waals surface area contributed by atoms with Crippen molar-refractivity contribution in [3.05, 3.63) is 34.9 Å². The average molecular weight is 254 g/mol. The minimum Gasteiger partial charge on any atom is -0.480 e. The number of carbonyl (C=O) groups is 1. The van der Waals surface area contributed by atoms with Gasteiger partial charge in [-0.05, 0) is 37.3 Å². The topological polar surface area (TPSA) is 49.3 Å². The van der Waals surface area contributed by atoms with Gasteiger partial charge in [0.1, 0.15) is 6.04 Å². The monoisotopic (exact) mass is 253 g/mol. The second-order valence-electron chi connectivity index (χ2n) is 4.56. The van der Waals surface area contributed by atoms with Crippen LogP contribution in [0.15, 0.2) is 24.3 Å². The Morgan fingerprint density at radius 3 is 2.65 bits per heavy atom. The number of aliphatic carboxylic acids is 1.